The topological polar surface area (TPSA) is 143 Å². The third-order valence-corrected chi connectivity index (χ3v) is 7.94. The molecule has 1 fully saturated rings. The summed E-state index contributed by atoms with van der Waals surface area (Å²) in [5, 5.41) is 16.3. The zero-order valence-electron chi connectivity index (χ0n) is 26.0. The number of carboxylic acids is 1. The average Bonchev–Trinajstić information content (AvgIpc) is 3.02. The highest BCUT2D eigenvalue weighted by molar-refractivity contribution is 5.87. The van der Waals surface area contributed by atoms with Crippen LogP contribution in [0.2, 0.25) is 0 Å². The molecule has 0 spiro atoms. The lowest BCUT2D eigenvalue weighted by molar-refractivity contribution is -0.818. The zero-order valence-corrected chi connectivity index (χ0v) is 26.0. The van der Waals surface area contributed by atoms with Gasteiger partial charge >= 0.3 is 18.0 Å². The van der Waals surface area contributed by atoms with Crippen molar-refractivity contribution in [2.24, 2.45) is 11.8 Å². The van der Waals surface area contributed by atoms with Crippen LogP contribution in [0, 0.1) is 11.8 Å². The van der Waals surface area contributed by atoms with Gasteiger partial charge < -0.3 is 15.2 Å². The number of carbonyl (C=O) groups is 4. The van der Waals surface area contributed by atoms with E-state index in [-0.39, 0.29) is 38.6 Å². The first-order chi connectivity index (χ1) is 21.2. The Morgan fingerprint density at radius 3 is 2.20 bits per heavy atom. The van der Waals surface area contributed by atoms with Crippen molar-refractivity contribution in [3.8, 4) is 0 Å². The summed E-state index contributed by atoms with van der Waals surface area (Å²) < 4.78 is 5.03. The number of carbonyl (C=O) groups excluding carboxylic acids is 3. The minimum Gasteiger partial charge on any atom is -0.480 e. The number of piperazine rings is 1. The molecule has 3 rings (SSSR count). The van der Waals surface area contributed by atoms with Crippen molar-refractivity contribution >= 4 is 23.9 Å². The highest BCUT2D eigenvalue weighted by Crippen LogP contribution is 2.28. The van der Waals surface area contributed by atoms with Gasteiger partial charge in [0, 0.05) is 13.0 Å². The summed E-state index contributed by atoms with van der Waals surface area (Å²) in [6, 6.07) is 17.5. The van der Waals surface area contributed by atoms with Crippen molar-refractivity contribution in [1.82, 2.24) is 16.1 Å². The number of hydroxylamine groups is 1. The number of nitrogens with one attached hydrogen (secondary N) is 3. The average molecular weight is 612 g/mol. The van der Waals surface area contributed by atoms with Crippen LogP contribution in [0.3, 0.4) is 0 Å². The lowest BCUT2D eigenvalue weighted by atomic mass is 9.93. The molecule has 1 heterocycles. The smallest absolute Gasteiger partial charge is 0.480 e. The number of nitrogens with zero attached hydrogens (tertiary/aromatic N) is 1. The van der Waals surface area contributed by atoms with Crippen LogP contribution in [0.25, 0.3) is 0 Å². The number of quaternary nitrogens is 1. The second kappa shape index (κ2) is 17.6. The highest BCUT2D eigenvalue weighted by Gasteiger charge is 2.57. The van der Waals surface area contributed by atoms with Crippen LogP contribution in [0.4, 0.5) is 4.79 Å². The van der Waals surface area contributed by atoms with E-state index in [1.54, 1.807) is 13.8 Å². The van der Waals surface area contributed by atoms with Crippen molar-refractivity contribution in [2.45, 2.75) is 78.3 Å². The van der Waals surface area contributed by atoms with Gasteiger partial charge in [0.2, 0.25) is 5.91 Å². The molecule has 4 N–H and O–H groups in total. The molecule has 4 atom stereocenters. The van der Waals surface area contributed by atoms with Gasteiger partial charge in [0.15, 0.2) is 6.17 Å². The number of ether oxygens (including phenoxy) is 1. The molecule has 0 unspecified atom stereocenters. The van der Waals surface area contributed by atoms with E-state index in [9.17, 15) is 24.3 Å². The molecule has 1 saturated heterocycles. The fraction of sp³-hybridized carbons (Fsp3) is 0.515. The quantitative estimate of drug-likeness (QED) is 0.125. The summed E-state index contributed by atoms with van der Waals surface area (Å²) >= 11 is 0. The van der Waals surface area contributed by atoms with Crippen molar-refractivity contribution in [3.05, 3.63) is 71.8 Å². The van der Waals surface area contributed by atoms with Crippen molar-refractivity contribution in [3.63, 3.8) is 0 Å². The Bertz CT molecular complexity index is 1210. The lowest BCUT2D eigenvalue weighted by Gasteiger charge is -2.44. The predicted octanol–water partition coefficient (Wildman–Crippen LogP) is 4.13. The Labute approximate surface area is 259 Å². The number of imide groups is 1. The van der Waals surface area contributed by atoms with E-state index >= 15 is 0 Å². The first-order valence-corrected chi connectivity index (χ1v) is 15.5. The number of hydrogen-bond donors (Lipinski definition) is 4. The van der Waals surface area contributed by atoms with Gasteiger partial charge in [0.05, 0.1) is 19.1 Å². The molecule has 0 bridgehead atoms. The molecular weight excluding hydrogens is 564 g/mol. The van der Waals surface area contributed by atoms with Crippen molar-refractivity contribution < 1.29 is 38.3 Å². The first-order valence-electron chi connectivity index (χ1n) is 15.5. The molecule has 0 saturated carbocycles. The summed E-state index contributed by atoms with van der Waals surface area (Å²) in [5.41, 5.74) is 4.08. The van der Waals surface area contributed by atoms with Crippen molar-refractivity contribution in [2.75, 3.05) is 19.6 Å². The van der Waals surface area contributed by atoms with Gasteiger partial charge in [-0.25, -0.2) is 10.3 Å². The normalized spacial score (nSPS) is 19.6. The first kappa shape index (κ1) is 34.8. The molecule has 0 aliphatic carbocycles. The minimum atomic E-state index is -1.08. The largest absolute Gasteiger partial charge is 0.525 e. The maximum Gasteiger partial charge on any atom is 0.525 e. The van der Waals surface area contributed by atoms with E-state index in [2.05, 4.69) is 16.1 Å². The van der Waals surface area contributed by atoms with Gasteiger partial charge in [-0.2, -0.15) is 4.79 Å². The van der Waals surface area contributed by atoms with Gasteiger partial charge in [0.1, 0.15) is 19.2 Å². The number of benzene rings is 2. The van der Waals surface area contributed by atoms with Crippen LogP contribution in [0.1, 0.15) is 64.0 Å². The van der Waals surface area contributed by atoms with E-state index in [4.69, 9.17) is 9.57 Å². The molecule has 2 aromatic carbocycles. The fourth-order valence-electron chi connectivity index (χ4n) is 5.47. The number of rotatable bonds is 16. The van der Waals surface area contributed by atoms with Crippen LogP contribution in [-0.2, 0) is 37.2 Å². The number of carboxylic acid groups (broad SMARTS) is 1. The fourth-order valence-corrected chi connectivity index (χ4v) is 5.47. The third-order valence-electron chi connectivity index (χ3n) is 7.94. The van der Waals surface area contributed by atoms with E-state index < -0.39 is 46.5 Å². The van der Waals surface area contributed by atoms with Crippen LogP contribution < -0.4 is 16.1 Å². The summed E-state index contributed by atoms with van der Waals surface area (Å²) in [6.07, 6.45) is 0.958. The minimum absolute atomic E-state index is 0.0466. The summed E-state index contributed by atoms with van der Waals surface area (Å²) in [5.74, 6) is -3.17. The van der Waals surface area contributed by atoms with Gasteiger partial charge in [-0.1, -0.05) is 101 Å². The summed E-state index contributed by atoms with van der Waals surface area (Å²) in [7, 11) is 0. The second-order valence-electron chi connectivity index (χ2n) is 11.6. The zero-order chi connectivity index (χ0) is 32.0. The summed E-state index contributed by atoms with van der Waals surface area (Å²) in [4.78, 5) is 59.4. The third kappa shape index (κ3) is 9.68. The van der Waals surface area contributed by atoms with Gasteiger partial charge in [-0.15, -0.1) is 4.48 Å². The molecule has 2 aromatic rings. The van der Waals surface area contributed by atoms with E-state index in [1.807, 2.05) is 67.6 Å². The molecule has 3 amide bonds. The summed E-state index contributed by atoms with van der Waals surface area (Å²) in [6.45, 7) is 6.23. The number of unbranched alkanes of at least 4 members (excludes halogenated alkanes) is 2. The molecule has 0 aromatic heterocycles. The van der Waals surface area contributed by atoms with Gasteiger partial charge in [0.25, 0.3) is 0 Å². The molecule has 1 aliphatic rings. The number of aliphatic carboxylic acids is 1. The van der Waals surface area contributed by atoms with Gasteiger partial charge in [-0.3, -0.25) is 19.7 Å². The standard InChI is InChI=1S/C33H46N4O7/c1-4-5-8-17-27(20-29(38)36-44-23-26-15-11-7-12-16-26)31(39)37(33(42)43-22-25-13-9-6-10-14-25)19-18-34-21-28(37)35-30(24(2)3)32(40)41/h6-7,9-16,24,27-28,30,34-35H,4-5,8,17-23H2,1-3H3,(H-,36,38,40,41)/p+1/t27-,28+,30+,37+/m1/s1. The number of amides is 3. The van der Waals surface area contributed by atoms with Gasteiger partial charge in [-0.05, 0) is 23.5 Å². The van der Waals surface area contributed by atoms with E-state index in [0.29, 0.717) is 19.4 Å². The Kier molecular flexibility index (Phi) is 13.9. The van der Waals surface area contributed by atoms with E-state index in [0.717, 1.165) is 24.0 Å². The van der Waals surface area contributed by atoms with E-state index in [1.165, 1.54) is 0 Å². The predicted molar refractivity (Wildman–Crippen MR) is 164 cm³/mol. The van der Waals surface area contributed by atoms with Crippen LogP contribution in [0.5, 0.6) is 0 Å². The SMILES string of the molecule is CCCCC[C@H](CC(=O)NOCc1ccccc1)C(=O)[N@+]1(C(=O)OCc2ccccc2)CCNC[C@H]1N[C@H](C(=O)O)C(C)C. The second-order valence-corrected chi connectivity index (χ2v) is 11.6. The molecule has 240 valence electrons. The monoisotopic (exact) mass is 611 g/mol. The molecule has 11 heteroatoms. The number of hydrogen-bond acceptors (Lipinski definition) is 8. The van der Waals surface area contributed by atoms with Crippen LogP contribution in [-0.4, -0.2) is 65.3 Å². The lowest BCUT2D eigenvalue weighted by Crippen LogP contribution is -2.76. The van der Waals surface area contributed by atoms with Crippen LogP contribution in [0.15, 0.2) is 60.7 Å². The Hall–Kier alpha value is -3.64. The van der Waals surface area contributed by atoms with Crippen molar-refractivity contribution in [1.29, 1.82) is 0 Å². The molecule has 11 nitrogen and oxygen atoms in total. The molecular formula is C33H47N4O7+. The molecule has 0 radical (unpaired) electrons. The maximum atomic E-state index is 14.7. The molecule has 44 heavy (non-hydrogen) atoms. The molecule has 1 aliphatic heterocycles. The highest BCUT2D eigenvalue weighted by atomic mass is 16.6. The van der Waals surface area contributed by atoms with Crippen LogP contribution >= 0.6 is 0 Å². The Morgan fingerprint density at radius 2 is 1.61 bits per heavy atom. The maximum absolute atomic E-state index is 14.7. The Morgan fingerprint density at radius 1 is 0.977 bits per heavy atom. The Balaban J connectivity index is 1.90.